The summed E-state index contributed by atoms with van der Waals surface area (Å²) in [5.74, 6) is 0.488. The van der Waals surface area contributed by atoms with Crippen LogP contribution in [0, 0.1) is 5.92 Å². The van der Waals surface area contributed by atoms with Crippen LogP contribution in [0.2, 0.25) is 5.15 Å². The molecule has 2 amide bonds. The van der Waals surface area contributed by atoms with E-state index in [-0.39, 0.29) is 18.7 Å². The van der Waals surface area contributed by atoms with E-state index in [1.807, 2.05) is 6.07 Å². The lowest BCUT2D eigenvalue weighted by molar-refractivity contribution is 0.197. The van der Waals surface area contributed by atoms with Gasteiger partial charge in [0, 0.05) is 25.4 Å². The third kappa shape index (κ3) is 6.36. The van der Waals surface area contributed by atoms with Crippen LogP contribution in [0.1, 0.15) is 44.1 Å². The zero-order valence-electron chi connectivity index (χ0n) is 13.4. The summed E-state index contributed by atoms with van der Waals surface area (Å²) in [6.07, 6.45) is 9.06. The van der Waals surface area contributed by atoms with E-state index in [4.69, 9.17) is 11.6 Å². The minimum Gasteiger partial charge on any atom is -0.396 e. The van der Waals surface area contributed by atoms with E-state index in [0.29, 0.717) is 30.5 Å². The van der Waals surface area contributed by atoms with Crippen molar-refractivity contribution >= 4 is 17.6 Å². The van der Waals surface area contributed by atoms with Crippen molar-refractivity contribution < 1.29 is 9.90 Å². The Bertz CT molecular complexity index is 475. The fourth-order valence-electron chi connectivity index (χ4n) is 3.20. The first kappa shape index (κ1) is 18.0. The highest BCUT2D eigenvalue weighted by molar-refractivity contribution is 6.29. The maximum atomic E-state index is 12.1. The van der Waals surface area contributed by atoms with Crippen LogP contribution < -0.4 is 10.6 Å². The molecule has 1 aliphatic carbocycles. The summed E-state index contributed by atoms with van der Waals surface area (Å²) < 4.78 is 0. The molecule has 1 unspecified atom stereocenters. The molecule has 1 heterocycles. The van der Waals surface area contributed by atoms with Crippen molar-refractivity contribution in [1.82, 2.24) is 15.6 Å². The molecule has 0 saturated heterocycles. The Morgan fingerprint density at radius 3 is 2.78 bits per heavy atom. The predicted octanol–water partition coefficient (Wildman–Crippen LogP) is 2.91. The number of amides is 2. The number of halogens is 1. The van der Waals surface area contributed by atoms with Gasteiger partial charge in [0.2, 0.25) is 0 Å². The molecule has 23 heavy (non-hydrogen) atoms. The number of nitrogens with one attached hydrogen (secondary N) is 2. The van der Waals surface area contributed by atoms with E-state index in [1.165, 1.54) is 19.3 Å². The molecule has 1 saturated carbocycles. The Morgan fingerprint density at radius 2 is 2.13 bits per heavy atom. The lowest BCUT2D eigenvalue weighted by atomic mass is 9.83. The molecule has 1 aromatic rings. The highest BCUT2D eigenvalue weighted by Crippen LogP contribution is 2.27. The van der Waals surface area contributed by atoms with Gasteiger partial charge >= 0.3 is 6.03 Å². The first-order valence-electron chi connectivity index (χ1n) is 8.44. The lowest BCUT2D eigenvalue weighted by Crippen LogP contribution is -2.46. The molecule has 1 aromatic heterocycles. The van der Waals surface area contributed by atoms with Gasteiger partial charge in [0.05, 0.1) is 0 Å². The first-order chi connectivity index (χ1) is 11.2. The summed E-state index contributed by atoms with van der Waals surface area (Å²) in [6, 6.07) is 3.57. The molecule has 0 radical (unpaired) electrons. The molecule has 1 fully saturated rings. The second-order valence-electron chi connectivity index (χ2n) is 6.16. The van der Waals surface area contributed by atoms with Gasteiger partial charge in [-0.2, -0.15) is 0 Å². The number of hydrogen-bond donors (Lipinski definition) is 3. The van der Waals surface area contributed by atoms with Gasteiger partial charge in [-0.25, -0.2) is 9.78 Å². The van der Waals surface area contributed by atoms with Gasteiger partial charge in [-0.3, -0.25) is 0 Å². The van der Waals surface area contributed by atoms with E-state index in [2.05, 4.69) is 15.6 Å². The average molecular weight is 340 g/mol. The lowest BCUT2D eigenvalue weighted by Gasteiger charge is -2.30. The van der Waals surface area contributed by atoms with Gasteiger partial charge in [-0.1, -0.05) is 36.9 Å². The Hall–Kier alpha value is -1.33. The van der Waals surface area contributed by atoms with Crippen LogP contribution in [0.4, 0.5) is 4.79 Å². The normalized spacial score (nSPS) is 16.8. The van der Waals surface area contributed by atoms with Gasteiger partial charge in [0.25, 0.3) is 0 Å². The first-order valence-corrected chi connectivity index (χ1v) is 8.82. The minimum atomic E-state index is -0.157. The molecule has 5 nitrogen and oxygen atoms in total. The number of aliphatic hydroxyl groups excluding tert-OH is 1. The van der Waals surface area contributed by atoms with E-state index in [0.717, 1.165) is 18.4 Å². The molecule has 1 aliphatic rings. The molecule has 0 bridgehead atoms. The van der Waals surface area contributed by atoms with Crippen molar-refractivity contribution in [3.8, 4) is 0 Å². The van der Waals surface area contributed by atoms with Crippen molar-refractivity contribution in [3.63, 3.8) is 0 Å². The van der Waals surface area contributed by atoms with Gasteiger partial charge < -0.3 is 15.7 Å². The van der Waals surface area contributed by atoms with Crippen LogP contribution in [-0.2, 0) is 6.42 Å². The SMILES string of the molecule is O=C(NCCc1ccc(Cl)nc1)NC(CCO)C1CCCCC1. The van der Waals surface area contributed by atoms with Crippen LogP contribution in [0.25, 0.3) is 0 Å². The highest BCUT2D eigenvalue weighted by atomic mass is 35.5. The van der Waals surface area contributed by atoms with E-state index < -0.39 is 0 Å². The summed E-state index contributed by atoms with van der Waals surface area (Å²) in [4.78, 5) is 16.1. The minimum absolute atomic E-state index is 0.0671. The third-order valence-electron chi connectivity index (χ3n) is 4.46. The van der Waals surface area contributed by atoms with Crippen molar-refractivity contribution in [2.24, 2.45) is 5.92 Å². The molecule has 0 spiro atoms. The molecule has 0 aliphatic heterocycles. The number of rotatable bonds is 7. The van der Waals surface area contributed by atoms with Gasteiger partial charge in [-0.15, -0.1) is 0 Å². The monoisotopic (exact) mass is 339 g/mol. The van der Waals surface area contributed by atoms with Crippen molar-refractivity contribution in [2.75, 3.05) is 13.2 Å². The second-order valence-corrected chi connectivity index (χ2v) is 6.54. The number of carbonyl (C=O) groups excluding carboxylic acids is 1. The van der Waals surface area contributed by atoms with Crippen LogP contribution in [-0.4, -0.2) is 35.3 Å². The number of aromatic nitrogens is 1. The van der Waals surface area contributed by atoms with Gasteiger partial charge in [-0.05, 0) is 43.2 Å². The standard InChI is InChI=1S/C17H26ClN3O2/c18-16-7-6-13(12-20-16)8-10-19-17(23)21-15(9-11-22)14-4-2-1-3-5-14/h6-7,12,14-15,22H,1-5,8-11H2,(H2,19,21,23). The summed E-state index contributed by atoms with van der Waals surface area (Å²) in [7, 11) is 0. The molecule has 3 N–H and O–H groups in total. The summed E-state index contributed by atoms with van der Waals surface area (Å²) in [6.45, 7) is 0.656. The molecular weight excluding hydrogens is 314 g/mol. The fourth-order valence-corrected chi connectivity index (χ4v) is 3.31. The second kappa shape index (κ2) is 9.73. The largest absolute Gasteiger partial charge is 0.396 e. The van der Waals surface area contributed by atoms with E-state index >= 15 is 0 Å². The Labute approximate surface area is 142 Å². The maximum absolute atomic E-state index is 12.1. The number of carbonyl (C=O) groups is 1. The summed E-state index contributed by atoms with van der Waals surface area (Å²) in [5.41, 5.74) is 1.04. The van der Waals surface area contributed by atoms with Gasteiger partial charge in [0.1, 0.15) is 5.15 Å². The van der Waals surface area contributed by atoms with E-state index in [9.17, 15) is 9.90 Å². The topological polar surface area (TPSA) is 74.2 Å². The summed E-state index contributed by atoms with van der Waals surface area (Å²) >= 11 is 5.75. The quantitative estimate of drug-likeness (QED) is 0.669. The molecule has 1 atom stereocenters. The van der Waals surface area contributed by atoms with Crippen LogP contribution in [0.3, 0.4) is 0 Å². The van der Waals surface area contributed by atoms with Crippen molar-refractivity contribution in [2.45, 2.75) is 51.0 Å². The predicted molar refractivity (Wildman–Crippen MR) is 91.6 cm³/mol. The number of nitrogens with zero attached hydrogens (tertiary/aromatic N) is 1. The zero-order valence-corrected chi connectivity index (χ0v) is 14.2. The molecule has 0 aromatic carbocycles. The van der Waals surface area contributed by atoms with E-state index in [1.54, 1.807) is 12.3 Å². The molecule has 128 valence electrons. The van der Waals surface area contributed by atoms with Crippen LogP contribution >= 0.6 is 11.6 Å². The molecular formula is C17H26ClN3O2. The highest BCUT2D eigenvalue weighted by Gasteiger charge is 2.24. The number of pyridine rings is 1. The Balaban J connectivity index is 1.73. The Kier molecular flexibility index (Phi) is 7.62. The van der Waals surface area contributed by atoms with Crippen molar-refractivity contribution in [3.05, 3.63) is 29.0 Å². The average Bonchev–Trinajstić information content (AvgIpc) is 2.57. The van der Waals surface area contributed by atoms with Crippen LogP contribution in [0.5, 0.6) is 0 Å². The molecule has 2 rings (SSSR count). The van der Waals surface area contributed by atoms with Gasteiger partial charge in [0.15, 0.2) is 0 Å². The number of urea groups is 1. The smallest absolute Gasteiger partial charge is 0.315 e. The maximum Gasteiger partial charge on any atom is 0.315 e. The number of aliphatic hydroxyl groups is 1. The third-order valence-corrected chi connectivity index (χ3v) is 4.69. The van der Waals surface area contributed by atoms with Crippen LogP contribution in [0.15, 0.2) is 18.3 Å². The fraction of sp³-hybridized carbons (Fsp3) is 0.647. The Morgan fingerprint density at radius 1 is 1.35 bits per heavy atom. The molecule has 6 heteroatoms. The number of hydrogen-bond acceptors (Lipinski definition) is 3. The van der Waals surface area contributed by atoms with Crippen molar-refractivity contribution in [1.29, 1.82) is 0 Å². The zero-order chi connectivity index (χ0) is 16.5. The summed E-state index contributed by atoms with van der Waals surface area (Å²) in [5, 5.41) is 15.6.